The first kappa shape index (κ1) is 24.8. The number of carbonyl (C=O) groups is 2. The average molecular weight is 533 g/mol. The number of fused-ring (bicyclic) bond motifs is 1. The lowest BCUT2D eigenvalue weighted by molar-refractivity contribution is -0.402. The number of benzene rings is 1. The third kappa shape index (κ3) is 4.64. The predicted octanol–water partition coefficient (Wildman–Crippen LogP) is 4.12. The molecular formula is C24H22ClFN4O7. The lowest BCUT2D eigenvalue weighted by Gasteiger charge is -2.29. The lowest BCUT2D eigenvalue weighted by atomic mass is 10.1. The third-order valence-electron chi connectivity index (χ3n) is 6.67. The summed E-state index contributed by atoms with van der Waals surface area (Å²) in [4.78, 5) is 48.9. The molecule has 1 amide bonds. The van der Waals surface area contributed by atoms with Crippen molar-refractivity contribution in [1.82, 2.24) is 9.88 Å². The van der Waals surface area contributed by atoms with Crippen LogP contribution < -0.4 is 15.6 Å². The molecule has 1 saturated carbocycles. The van der Waals surface area contributed by atoms with Crippen LogP contribution in [-0.2, 0) is 0 Å². The Hall–Kier alpha value is -3.93. The fourth-order valence-electron chi connectivity index (χ4n) is 4.78. The molecule has 3 aromatic rings. The van der Waals surface area contributed by atoms with Crippen LogP contribution in [0, 0.1) is 15.9 Å². The molecule has 1 aliphatic carbocycles. The summed E-state index contributed by atoms with van der Waals surface area (Å²) in [5, 5.41) is 23.0. The SMILES string of the molecule is O=C(N[C@H]1CCCCN(c2c(F)cc3c(=O)c(C(=O)O)cn(C4CC4)c3c2Cl)C1)c1ccc([N+](=O)[O-])o1. The first-order chi connectivity index (χ1) is 17.7. The molecule has 1 saturated heterocycles. The number of aromatic carboxylic acids is 1. The molecule has 2 aliphatic rings. The maximum Gasteiger partial charge on any atom is 0.433 e. The molecule has 0 unspecified atom stereocenters. The minimum atomic E-state index is -1.39. The van der Waals surface area contributed by atoms with Gasteiger partial charge in [-0.1, -0.05) is 11.6 Å². The van der Waals surface area contributed by atoms with Crippen molar-refractivity contribution >= 4 is 46.0 Å². The maximum absolute atomic E-state index is 15.5. The Morgan fingerprint density at radius 3 is 2.65 bits per heavy atom. The highest BCUT2D eigenvalue weighted by atomic mass is 35.5. The summed E-state index contributed by atoms with van der Waals surface area (Å²) in [7, 11) is 0. The first-order valence-corrected chi connectivity index (χ1v) is 12.1. The smallest absolute Gasteiger partial charge is 0.433 e. The Bertz CT molecular complexity index is 1500. The van der Waals surface area contributed by atoms with Crippen molar-refractivity contribution in [3.63, 3.8) is 0 Å². The molecule has 13 heteroatoms. The zero-order valence-corrected chi connectivity index (χ0v) is 20.2. The second-order valence-corrected chi connectivity index (χ2v) is 9.62. The van der Waals surface area contributed by atoms with E-state index >= 15 is 4.39 Å². The van der Waals surface area contributed by atoms with Gasteiger partial charge in [-0.15, -0.1) is 0 Å². The van der Waals surface area contributed by atoms with Crippen molar-refractivity contribution in [2.75, 3.05) is 18.0 Å². The Labute approximate surface area is 213 Å². The number of carbonyl (C=O) groups excluding carboxylic acids is 1. The van der Waals surface area contributed by atoms with Gasteiger partial charge in [-0.05, 0) is 44.2 Å². The maximum atomic E-state index is 15.5. The quantitative estimate of drug-likeness (QED) is 0.356. The van der Waals surface area contributed by atoms with Crippen molar-refractivity contribution in [2.24, 2.45) is 0 Å². The van der Waals surface area contributed by atoms with Crippen molar-refractivity contribution < 1.29 is 28.4 Å². The van der Waals surface area contributed by atoms with E-state index in [-0.39, 0.29) is 40.0 Å². The van der Waals surface area contributed by atoms with Crippen LogP contribution >= 0.6 is 11.6 Å². The zero-order valence-electron chi connectivity index (χ0n) is 19.4. The number of aromatic nitrogens is 1. The van der Waals surface area contributed by atoms with E-state index in [1.807, 2.05) is 0 Å². The van der Waals surface area contributed by atoms with E-state index in [1.165, 1.54) is 12.3 Å². The van der Waals surface area contributed by atoms with Crippen molar-refractivity contribution in [2.45, 2.75) is 44.2 Å². The third-order valence-corrected chi connectivity index (χ3v) is 7.03. The molecule has 194 valence electrons. The second-order valence-electron chi connectivity index (χ2n) is 9.24. The number of hydrogen-bond donors (Lipinski definition) is 2. The number of hydrogen-bond acceptors (Lipinski definition) is 7. The van der Waals surface area contributed by atoms with E-state index in [4.69, 9.17) is 16.0 Å². The summed E-state index contributed by atoms with van der Waals surface area (Å²) in [5.74, 6) is -3.55. The average Bonchev–Trinajstić information content (AvgIpc) is 3.60. The van der Waals surface area contributed by atoms with Gasteiger partial charge in [0, 0.05) is 31.4 Å². The van der Waals surface area contributed by atoms with E-state index in [0.29, 0.717) is 19.4 Å². The van der Waals surface area contributed by atoms with Crippen molar-refractivity contribution in [3.05, 3.63) is 66.9 Å². The molecule has 0 radical (unpaired) electrons. The number of halogens is 2. The van der Waals surface area contributed by atoms with Gasteiger partial charge in [0.1, 0.15) is 16.3 Å². The Balaban J connectivity index is 1.50. The van der Waals surface area contributed by atoms with E-state index in [9.17, 15) is 29.6 Å². The van der Waals surface area contributed by atoms with Gasteiger partial charge >= 0.3 is 11.9 Å². The molecule has 0 bridgehead atoms. The monoisotopic (exact) mass is 532 g/mol. The number of pyridine rings is 1. The van der Waals surface area contributed by atoms with E-state index in [0.717, 1.165) is 31.4 Å². The minimum Gasteiger partial charge on any atom is -0.477 e. The fraction of sp³-hybridized carbons (Fsp3) is 0.375. The summed E-state index contributed by atoms with van der Waals surface area (Å²) in [6.07, 6.45) is 4.81. The number of amides is 1. The van der Waals surface area contributed by atoms with E-state index in [2.05, 4.69) is 5.32 Å². The molecular weight excluding hydrogens is 511 g/mol. The van der Waals surface area contributed by atoms with Crippen LogP contribution in [-0.4, -0.2) is 45.6 Å². The number of anilines is 1. The molecule has 37 heavy (non-hydrogen) atoms. The Morgan fingerprint density at radius 2 is 2.00 bits per heavy atom. The number of nitrogens with one attached hydrogen (secondary N) is 1. The molecule has 3 heterocycles. The molecule has 1 aliphatic heterocycles. The molecule has 2 fully saturated rings. The number of carboxylic acid groups (broad SMARTS) is 1. The Morgan fingerprint density at radius 1 is 1.24 bits per heavy atom. The Kier molecular flexibility index (Phi) is 6.36. The van der Waals surface area contributed by atoms with Crippen LogP contribution in [0.1, 0.15) is 59.1 Å². The van der Waals surface area contributed by atoms with Crippen LogP contribution in [0.3, 0.4) is 0 Å². The van der Waals surface area contributed by atoms with Crippen LogP contribution in [0.25, 0.3) is 10.9 Å². The first-order valence-electron chi connectivity index (χ1n) is 11.8. The lowest BCUT2D eigenvalue weighted by Crippen LogP contribution is -2.43. The summed E-state index contributed by atoms with van der Waals surface area (Å²) >= 11 is 6.74. The molecule has 2 N–H and O–H groups in total. The fourth-order valence-corrected chi connectivity index (χ4v) is 5.19. The van der Waals surface area contributed by atoms with Gasteiger partial charge in [0.2, 0.25) is 5.43 Å². The van der Waals surface area contributed by atoms with Gasteiger partial charge in [0.05, 0.1) is 27.7 Å². The highest BCUT2D eigenvalue weighted by molar-refractivity contribution is 6.38. The van der Waals surface area contributed by atoms with Gasteiger partial charge in [0.15, 0.2) is 5.76 Å². The minimum absolute atomic E-state index is 0.00424. The van der Waals surface area contributed by atoms with Crippen LogP contribution in [0.2, 0.25) is 5.02 Å². The van der Waals surface area contributed by atoms with Gasteiger partial charge in [-0.2, -0.15) is 0 Å². The normalized spacial score (nSPS) is 18.0. The number of nitrogens with zero attached hydrogens (tertiary/aromatic N) is 3. The topological polar surface area (TPSA) is 148 Å². The summed E-state index contributed by atoms with van der Waals surface area (Å²) in [6, 6.07) is 2.86. The highest BCUT2D eigenvalue weighted by Crippen LogP contribution is 2.42. The summed E-state index contributed by atoms with van der Waals surface area (Å²) < 4.78 is 22.1. The molecule has 2 aromatic heterocycles. The highest BCUT2D eigenvalue weighted by Gasteiger charge is 2.31. The van der Waals surface area contributed by atoms with Gasteiger partial charge in [-0.3, -0.25) is 19.7 Å². The van der Waals surface area contributed by atoms with Crippen molar-refractivity contribution in [1.29, 1.82) is 0 Å². The van der Waals surface area contributed by atoms with Crippen molar-refractivity contribution in [3.8, 4) is 0 Å². The number of furan rings is 1. The molecule has 0 spiro atoms. The second kappa shape index (κ2) is 9.51. The molecule has 11 nitrogen and oxygen atoms in total. The number of nitro groups is 1. The zero-order chi connectivity index (χ0) is 26.4. The summed E-state index contributed by atoms with van der Waals surface area (Å²) in [6.45, 7) is 0.624. The largest absolute Gasteiger partial charge is 0.477 e. The number of rotatable bonds is 6. The standard InChI is InChI=1S/C24H22ClFN4O7/c25-19-20-14(22(31)15(24(33)34)11-29(20)13-4-5-13)9-16(26)21(19)28-8-2-1-3-12(10-28)27-23(32)17-6-7-18(37-17)30(35)36/h6-7,9,11-13H,1-5,8,10H2,(H,27,32)(H,33,34)/t12-/m0/s1. The predicted molar refractivity (Wildman–Crippen MR) is 131 cm³/mol. The molecule has 1 atom stereocenters. The van der Waals surface area contributed by atoms with Crippen LogP contribution in [0.4, 0.5) is 16.0 Å². The molecule has 5 rings (SSSR count). The van der Waals surface area contributed by atoms with Crippen LogP contribution in [0.15, 0.2) is 33.6 Å². The van der Waals surface area contributed by atoms with Crippen LogP contribution in [0.5, 0.6) is 0 Å². The van der Waals surface area contributed by atoms with E-state index < -0.39 is 45.5 Å². The molecule has 1 aromatic carbocycles. The van der Waals surface area contributed by atoms with Gasteiger partial charge in [0.25, 0.3) is 5.91 Å². The van der Waals surface area contributed by atoms with E-state index in [1.54, 1.807) is 9.47 Å². The number of carboxylic acids is 1. The van der Waals surface area contributed by atoms with Gasteiger partial charge in [-0.25, -0.2) is 9.18 Å². The van der Waals surface area contributed by atoms with Gasteiger partial charge < -0.3 is 24.3 Å². The summed E-state index contributed by atoms with van der Waals surface area (Å²) in [5.41, 5.74) is -0.900.